The van der Waals surface area contributed by atoms with Crippen molar-refractivity contribution in [1.29, 1.82) is 0 Å². The van der Waals surface area contributed by atoms with Gasteiger partial charge in [-0.1, -0.05) is 91.5 Å². The summed E-state index contributed by atoms with van der Waals surface area (Å²) in [5.74, 6) is 0. The minimum atomic E-state index is 1.07. The van der Waals surface area contributed by atoms with Crippen molar-refractivity contribution >= 4 is 5.57 Å². The Morgan fingerprint density at radius 2 is 1.37 bits per heavy atom. The van der Waals surface area contributed by atoms with E-state index in [9.17, 15) is 0 Å². The van der Waals surface area contributed by atoms with E-state index in [1.165, 1.54) is 11.1 Å². The first-order valence-electron chi connectivity index (χ1n) is 7.67. The van der Waals surface area contributed by atoms with Crippen molar-refractivity contribution in [2.75, 3.05) is 0 Å². The quantitative estimate of drug-likeness (QED) is 0.508. The summed E-state index contributed by atoms with van der Waals surface area (Å²) in [5.41, 5.74) is 3.61. The molecule has 0 N–H and O–H groups in total. The summed E-state index contributed by atoms with van der Waals surface area (Å²) in [4.78, 5) is 0. The maximum absolute atomic E-state index is 4.08. The van der Waals surface area contributed by atoms with Gasteiger partial charge in [0.25, 0.3) is 0 Å². The fourth-order valence-corrected chi connectivity index (χ4v) is 1.30. The van der Waals surface area contributed by atoms with Crippen LogP contribution in [0.4, 0.5) is 0 Å². The average molecular weight is 262 g/mol. The Labute approximate surface area is 122 Å². The molecular weight excluding hydrogens is 228 g/mol. The van der Waals surface area contributed by atoms with E-state index in [1.807, 2.05) is 59.7 Å². The van der Waals surface area contributed by atoms with Gasteiger partial charge in [0.15, 0.2) is 0 Å². The van der Waals surface area contributed by atoms with Crippen LogP contribution in [0.3, 0.4) is 0 Å². The first-order valence-corrected chi connectivity index (χ1v) is 7.67. The lowest BCUT2D eigenvalue weighted by molar-refractivity contribution is 1.20. The zero-order valence-corrected chi connectivity index (χ0v) is 14.4. The Bertz CT molecular complexity index is 304. The second kappa shape index (κ2) is 19.0. The highest BCUT2D eigenvalue weighted by Gasteiger charge is 1.98. The number of allylic oxidation sites excluding steroid dienone is 3. The molecule has 0 fully saturated rings. The van der Waals surface area contributed by atoms with Crippen LogP contribution in [0.5, 0.6) is 0 Å². The molecule has 0 radical (unpaired) electrons. The monoisotopic (exact) mass is 262 g/mol. The molecule has 0 unspecified atom stereocenters. The van der Waals surface area contributed by atoms with E-state index in [2.05, 4.69) is 38.6 Å². The van der Waals surface area contributed by atoms with Crippen molar-refractivity contribution in [1.82, 2.24) is 0 Å². The zero-order chi connectivity index (χ0) is 15.7. The van der Waals surface area contributed by atoms with E-state index < -0.39 is 0 Å². The van der Waals surface area contributed by atoms with E-state index >= 15 is 0 Å². The standard InChI is InChI=1S/C13H16.3C2H6/c1-4-8-11(2)12(3)13-9-6-5-7-10-13;3*1-2/h5-10H,3-4H2,1-2H3;3*1-2H3/b11-8-;;;. The maximum Gasteiger partial charge on any atom is -0.0187 e. The molecule has 0 heterocycles. The normalized spacial score (nSPS) is 8.74. The second-order valence-electron chi connectivity index (χ2n) is 3.14. The molecule has 1 rings (SSSR count). The Hall–Kier alpha value is -1.30. The molecule has 1 aromatic rings. The molecule has 0 amide bonds. The molecule has 19 heavy (non-hydrogen) atoms. The zero-order valence-electron chi connectivity index (χ0n) is 14.4. The van der Waals surface area contributed by atoms with Crippen molar-refractivity contribution < 1.29 is 0 Å². The Balaban J connectivity index is -0.000000375. The van der Waals surface area contributed by atoms with Crippen LogP contribution in [0.15, 0.2) is 48.6 Å². The Morgan fingerprint density at radius 3 is 1.74 bits per heavy atom. The third kappa shape index (κ3) is 11.5. The summed E-state index contributed by atoms with van der Waals surface area (Å²) in [5, 5.41) is 0. The number of hydrogen-bond acceptors (Lipinski definition) is 0. The third-order valence-electron chi connectivity index (χ3n) is 2.11. The van der Waals surface area contributed by atoms with Gasteiger partial charge in [0.1, 0.15) is 0 Å². The van der Waals surface area contributed by atoms with Crippen LogP contribution in [0.2, 0.25) is 0 Å². The molecule has 0 aliphatic rings. The van der Waals surface area contributed by atoms with Crippen LogP contribution >= 0.6 is 0 Å². The van der Waals surface area contributed by atoms with Gasteiger partial charge in [0.05, 0.1) is 0 Å². The second-order valence-corrected chi connectivity index (χ2v) is 3.14. The molecule has 0 bridgehead atoms. The molecule has 1 aromatic carbocycles. The van der Waals surface area contributed by atoms with Gasteiger partial charge >= 0.3 is 0 Å². The summed E-state index contributed by atoms with van der Waals surface area (Å²) in [6, 6.07) is 10.3. The fourth-order valence-electron chi connectivity index (χ4n) is 1.30. The van der Waals surface area contributed by atoms with Crippen molar-refractivity contribution in [3.8, 4) is 0 Å². The van der Waals surface area contributed by atoms with E-state index in [0.29, 0.717) is 0 Å². The minimum absolute atomic E-state index is 1.07. The minimum Gasteiger partial charge on any atom is -0.0909 e. The van der Waals surface area contributed by atoms with Crippen molar-refractivity contribution in [2.45, 2.75) is 61.8 Å². The Kier molecular flexibility index (Phi) is 22.9. The molecule has 0 heteroatoms. The average Bonchev–Trinajstić information content (AvgIpc) is 2.53. The summed E-state index contributed by atoms with van der Waals surface area (Å²) >= 11 is 0. The molecular formula is C19H34. The predicted octanol–water partition coefficient (Wildman–Crippen LogP) is 7.13. The summed E-state index contributed by atoms with van der Waals surface area (Å²) < 4.78 is 0. The van der Waals surface area contributed by atoms with Crippen molar-refractivity contribution in [3.63, 3.8) is 0 Å². The molecule has 0 aliphatic carbocycles. The van der Waals surface area contributed by atoms with Crippen LogP contribution in [-0.2, 0) is 0 Å². The lowest BCUT2D eigenvalue weighted by Gasteiger charge is -2.05. The Morgan fingerprint density at radius 1 is 0.947 bits per heavy atom. The van der Waals surface area contributed by atoms with E-state index in [0.717, 1.165) is 12.0 Å². The van der Waals surface area contributed by atoms with Crippen LogP contribution in [0.1, 0.15) is 67.4 Å². The summed E-state index contributed by atoms with van der Waals surface area (Å²) in [7, 11) is 0. The molecule has 0 saturated heterocycles. The lowest BCUT2D eigenvalue weighted by atomic mass is 10.0. The van der Waals surface area contributed by atoms with Gasteiger partial charge in [-0.05, 0) is 30.1 Å². The highest BCUT2D eigenvalue weighted by Crippen LogP contribution is 2.20. The van der Waals surface area contributed by atoms with Gasteiger partial charge in [-0.2, -0.15) is 0 Å². The fraction of sp³-hybridized carbons (Fsp3) is 0.474. The van der Waals surface area contributed by atoms with Gasteiger partial charge in [-0.25, -0.2) is 0 Å². The van der Waals surface area contributed by atoms with Gasteiger partial charge in [0.2, 0.25) is 0 Å². The SMILES string of the molecule is C=C(/C(C)=C\CC)c1ccccc1.CC.CC.CC. The molecule has 0 saturated carbocycles. The number of hydrogen-bond donors (Lipinski definition) is 0. The van der Waals surface area contributed by atoms with E-state index in [4.69, 9.17) is 0 Å². The van der Waals surface area contributed by atoms with Crippen LogP contribution in [0.25, 0.3) is 5.57 Å². The van der Waals surface area contributed by atoms with Crippen molar-refractivity contribution in [2.24, 2.45) is 0 Å². The van der Waals surface area contributed by atoms with Crippen LogP contribution < -0.4 is 0 Å². The molecule has 0 spiro atoms. The largest absolute Gasteiger partial charge is 0.0909 e. The molecule has 0 nitrogen and oxygen atoms in total. The highest BCUT2D eigenvalue weighted by molar-refractivity contribution is 5.76. The molecule has 110 valence electrons. The van der Waals surface area contributed by atoms with E-state index in [-0.39, 0.29) is 0 Å². The first kappa shape index (κ1) is 22.8. The van der Waals surface area contributed by atoms with Gasteiger partial charge in [0, 0.05) is 0 Å². The summed E-state index contributed by atoms with van der Waals surface area (Å²) in [6.07, 6.45) is 3.27. The molecule has 0 aromatic heterocycles. The number of rotatable bonds is 3. The molecule has 0 aliphatic heterocycles. The topological polar surface area (TPSA) is 0 Å². The number of benzene rings is 1. The van der Waals surface area contributed by atoms with Crippen molar-refractivity contribution in [3.05, 3.63) is 54.1 Å². The maximum atomic E-state index is 4.08. The van der Waals surface area contributed by atoms with Gasteiger partial charge in [-0.15, -0.1) is 0 Å². The summed E-state index contributed by atoms with van der Waals surface area (Å²) in [6.45, 7) is 20.3. The smallest absolute Gasteiger partial charge is 0.0187 e. The highest BCUT2D eigenvalue weighted by atomic mass is 14.0. The van der Waals surface area contributed by atoms with E-state index in [1.54, 1.807) is 0 Å². The first-order chi connectivity index (χ1) is 9.25. The van der Waals surface area contributed by atoms with Gasteiger partial charge < -0.3 is 0 Å². The van der Waals surface area contributed by atoms with Crippen LogP contribution in [-0.4, -0.2) is 0 Å². The molecule has 0 atom stereocenters. The third-order valence-corrected chi connectivity index (χ3v) is 2.11. The van der Waals surface area contributed by atoms with Gasteiger partial charge in [-0.3, -0.25) is 0 Å². The lowest BCUT2D eigenvalue weighted by Crippen LogP contribution is -1.83. The van der Waals surface area contributed by atoms with Crippen LogP contribution in [0, 0.1) is 0 Å². The predicted molar refractivity (Wildman–Crippen MR) is 93.6 cm³/mol.